The molecule has 0 aliphatic heterocycles. The highest BCUT2D eigenvalue weighted by Gasteiger charge is 2.36. The summed E-state index contributed by atoms with van der Waals surface area (Å²) in [5.74, 6) is -0.849. The van der Waals surface area contributed by atoms with Crippen LogP contribution in [0.5, 0.6) is 0 Å². The molecule has 0 aliphatic carbocycles. The molecule has 1 rings (SSSR count). The van der Waals surface area contributed by atoms with Gasteiger partial charge < -0.3 is 9.84 Å². The highest BCUT2D eigenvalue weighted by molar-refractivity contribution is 7.16. The van der Waals surface area contributed by atoms with E-state index in [9.17, 15) is 9.90 Å². The number of hydrogen-bond donors (Lipinski definition) is 1. The molecule has 1 aromatic heterocycles. The molecular formula is C10H13ClO3S. The Bertz CT molecular complexity index is 350. The second-order valence-electron chi connectivity index (χ2n) is 3.48. The number of methoxy groups -OCH3 is 1. The maximum atomic E-state index is 11.2. The molecule has 0 fully saturated rings. The van der Waals surface area contributed by atoms with Crippen LogP contribution in [0, 0.1) is 0 Å². The Morgan fingerprint density at radius 3 is 2.73 bits per heavy atom. The third-order valence-corrected chi connectivity index (χ3v) is 3.89. The smallest absolute Gasteiger partial charge is 0.314 e. The van der Waals surface area contributed by atoms with Gasteiger partial charge in [0.2, 0.25) is 0 Å². The maximum Gasteiger partial charge on any atom is 0.314 e. The van der Waals surface area contributed by atoms with Crippen molar-refractivity contribution in [2.45, 2.75) is 18.8 Å². The van der Waals surface area contributed by atoms with E-state index in [1.807, 2.05) is 0 Å². The summed E-state index contributed by atoms with van der Waals surface area (Å²) in [4.78, 5) is 12.0. The van der Waals surface area contributed by atoms with Crippen LogP contribution in [-0.2, 0) is 14.9 Å². The number of ether oxygens (including phenoxy) is 1. The molecule has 15 heavy (non-hydrogen) atoms. The lowest BCUT2D eigenvalue weighted by Gasteiger charge is -2.22. The van der Waals surface area contributed by atoms with Gasteiger partial charge in [-0.25, -0.2) is 0 Å². The van der Waals surface area contributed by atoms with E-state index in [1.54, 1.807) is 26.2 Å². The Labute approximate surface area is 97.6 Å². The Morgan fingerprint density at radius 1 is 1.67 bits per heavy atom. The van der Waals surface area contributed by atoms with Crippen molar-refractivity contribution in [1.29, 1.82) is 0 Å². The molecule has 0 bridgehead atoms. The zero-order valence-electron chi connectivity index (χ0n) is 8.62. The van der Waals surface area contributed by atoms with E-state index in [0.717, 1.165) is 4.88 Å². The average Bonchev–Trinajstić information content (AvgIpc) is 2.61. The number of halogens is 1. The number of carbonyl (C=O) groups is 1. The predicted molar refractivity (Wildman–Crippen MR) is 60.8 cm³/mol. The van der Waals surface area contributed by atoms with E-state index < -0.39 is 11.4 Å². The van der Waals surface area contributed by atoms with Gasteiger partial charge in [-0.1, -0.05) is 11.6 Å². The van der Waals surface area contributed by atoms with Crippen LogP contribution < -0.4 is 0 Å². The van der Waals surface area contributed by atoms with Crippen molar-refractivity contribution >= 4 is 28.9 Å². The van der Waals surface area contributed by atoms with Gasteiger partial charge in [-0.05, 0) is 25.5 Å². The lowest BCUT2D eigenvalue weighted by molar-refractivity contribution is -0.143. The molecule has 1 unspecified atom stereocenters. The molecule has 84 valence electrons. The van der Waals surface area contributed by atoms with E-state index in [4.69, 9.17) is 16.3 Å². The van der Waals surface area contributed by atoms with Crippen molar-refractivity contribution < 1.29 is 14.6 Å². The van der Waals surface area contributed by atoms with Gasteiger partial charge in [0.25, 0.3) is 0 Å². The molecule has 0 amide bonds. The second kappa shape index (κ2) is 4.96. The topological polar surface area (TPSA) is 46.5 Å². The third-order valence-electron chi connectivity index (χ3n) is 2.40. The summed E-state index contributed by atoms with van der Waals surface area (Å²) in [7, 11) is 1.56. The molecule has 3 nitrogen and oxygen atoms in total. The third kappa shape index (κ3) is 2.71. The number of carboxylic acid groups (broad SMARTS) is 1. The normalized spacial score (nSPS) is 14.9. The van der Waals surface area contributed by atoms with Gasteiger partial charge in [0.05, 0.1) is 4.34 Å². The molecule has 0 saturated heterocycles. The van der Waals surface area contributed by atoms with Gasteiger partial charge in [-0.3, -0.25) is 4.79 Å². The van der Waals surface area contributed by atoms with Crippen LogP contribution in [0.1, 0.15) is 18.2 Å². The van der Waals surface area contributed by atoms with Crippen molar-refractivity contribution in [1.82, 2.24) is 0 Å². The van der Waals surface area contributed by atoms with Gasteiger partial charge in [0.15, 0.2) is 0 Å². The van der Waals surface area contributed by atoms with Crippen LogP contribution in [0.4, 0.5) is 0 Å². The fourth-order valence-electron chi connectivity index (χ4n) is 1.25. The van der Waals surface area contributed by atoms with Crippen LogP contribution in [0.25, 0.3) is 0 Å². The Balaban J connectivity index is 2.95. The first-order chi connectivity index (χ1) is 7.00. The van der Waals surface area contributed by atoms with Crippen LogP contribution in [0.15, 0.2) is 12.1 Å². The first kappa shape index (κ1) is 12.5. The van der Waals surface area contributed by atoms with E-state index in [0.29, 0.717) is 17.4 Å². The summed E-state index contributed by atoms with van der Waals surface area (Å²) >= 11 is 7.10. The first-order valence-corrected chi connectivity index (χ1v) is 5.68. The van der Waals surface area contributed by atoms with Crippen LogP contribution in [0.3, 0.4) is 0 Å². The van der Waals surface area contributed by atoms with E-state index >= 15 is 0 Å². The van der Waals surface area contributed by atoms with Gasteiger partial charge in [0, 0.05) is 18.6 Å². The monoisotopic (exact) mass is 248 g/mol. The average molecular weight is 249 g/mol. The molecule has 5 heteroatoms. The number of thiophene rings is 1. The summed E-state index contributed by atoms with van der Waals surface area (Å²) in [6.07, 6.45) is 0.440. The zero-order chi connectivity index (χ0) is 11.5. The minimum atomic E-state index is -0.909. The van der Waals surface area contributed by atoms with Crippen LogP contribution in [0.2, 0.25) is 4.34 Å². The molecule has 1 atom stereocenters. The Hall–Kier alpha value is -0.580. The second-order valence-corrected chi connectivity index (χ2v) is 5.20. The van der Waals surface area contributed by atoms with E-state index in [2.05, 4.69) is 0 Å². The standard InChI is InChI=1S/C10H13ClO3S/c1-10(9(12)13,5-6-14-2)7-3-4-8(11)15-7/h3-4H,5-6H2,1-2H3,(H,12,13). The number of aliphatic carboxylic acids is 1. The fourth-order valence-corrected chi connectivity index (χ4v) is 2.46. The molecule has 0 radical (unpaired) electrons. The number of carboxylic acids is 1. The summed E-state index contributed by atoms with van der Waals surface area (Å²) in [5, 5.41) is 9.23. The van der Waals surface area contributed by atoms with Crippen LogP contribution in [-0.4, -0.2) is 24.8 Å². The van der Waals surface area contributed by atoms with Crippen molar-refractivity contribution in [3.63, 3.8) is 0 Å². The van der Waals surface area contributed by atoms with Crippen LogP contribution >= 0.6 is 22.9 Å². The number of hydrogen-bond acceptors (Lipinski definition) is 3. The largest absolute Gasteiger partial charge is 0.481 e. The minimum absolute atomic E-state index is 0.415. The lowest BCUT2D eigenvalue weighted by Crippen LogP contribution is -2.32. The van der Waals surface area contributed by atoms with Gasteiger partial charge in [-0.15, -0.1) is 11.3 Å². The minimum Gasteiger partial charge on any atom is -0.481 e. The predicted octanol–water partition coefficient (Wildman–Crippen LogP) is 2.78. The highest BCUT2D eigenvalue weighted by Crippen LogP contribution is 2.35. The summed E-state index contributed by atoms with van der Waals surface area (Å²) in [6.45, 7) is 2.11. The molecule has 1 heterocycles. The van der Waals surface area contributed by atoms with Crippen molar-refractivity contribution in [3.8, 4) is 0 Å². The molecule has 0 saturated carbocycles. The Kier molecular flexibility index (Phi) is 4.13. The zero-order valence-corrected chi connectivity index (χ0v) is 10.2. The summed E-state index contributed by atoms with van der Waals surface area (Å²) < 4.78 is 5.53. The van der Waals surface area contributed by atoms with Gasteiger partial charge in [-0.2, -0.15) is 0 Å². The van der Waals surface area contributed by atoms with Crippen molar-refractivity contribution in [3.05, 3.63) is 21.3 Å². The SMILES string of the molecule is COCCC(C)(C(=O)O)c1ccc(Cl)s1. The Morgan fingerprint density at radius 2 is 2.33 bits per heavy atom. The van der Waals surface area contributed by atoms with E-state index in [1.165, 1.54) is 11.3 Å². The van der Waals surface area contributed by atoms with Crippen molar-refractivity contribution in [2.24, 2.45) is 0 Å². The van der Waals surface area contributed by atoms with E-state index in [-0.39, 0.29) is 0 Å². The van der Waals surface area contributed by atoms with Gasteiger partial charge in [0.1, 0.15) is 5.41 Å². The molecule has 1 N–H and O–H groups in total. The molecule has 0 spiro atoms. The fraction of sp³-hybridized carbons (Fsp3) is 0.500. The quantitative estimate of drug-likeness (QED) is 0.872. The first-order valence-electron chi connectivity index (χ1n) is 4.49. The van der Waals surface area contributed by atoms with Crippen molar-refractivity contribution in [2.75, 3.05) is 13.7 Å². The summed E-state index contributed by atoms with van der Waals surface area (Å²) in [5.41, 5.74) is -0.909. The molecular weight excluding hydrogens is 236 g/mol. The molecule has 0 aliphatic rings. The van der Waals surface area contributed by atoms with Gasteiger partial charge >= 0.3 is 5.97 Å². The summed E-state index contributed by atoms with van der Waals surface area (Å²) in [6, 6.07) is 3.48. The molecule has 0 aromatic carbocycles. The highest BCUT2D eigenvalue weighted by atomic mass is 35.5. The molecule has 1 aromatic rings. The number of rotatable bonds is 5. The maximum absolute atomic E-state index is 11.2. The lowest BCUT2D eigenvalue weighted by atomic mass is 9.85.